The van der Waals surface area contributed by atoms with Gasteiger partial charge in [0.15, 0.2) is 5.65 Å². The molecular weight excluding hydrogens is 389 g/mol. The van der Waals surface area contributed by atoms with Gasteiger partial charge in [-0.2, -0.15) is 0 Å². The van der Waals surface area contributed by atoms with Crippen LogP contribution in [0.5, 0.6) is 0 Å². The van der Waals surface area contributed by atoms with Crippen molar-refractivity contribution in [1.82, 2.24) is 19.0 Å². The molecule has 0 aromatic carbocycles. The second-order valence-corrected chi connectivity index (χ2v) is 9.49. The van der Waals surface area contributed by atoms with Gasteiger partial charge in [-0.05, 0) is 30.4 Å². The maximum absolute atomic E-state index is 12.8. The van der Waals surface area contributed by atoms with E-state index in [0.29, 0.717) is 25.3 Å². The number of rotatable bonds is 4. The molecule has 0 spiro atoms. The molecule has 2 bridgehead atoms. The largest absolute Gasteiger partial charge is 0.447 e. The van der Waals surface area contributed by atoms with Crippen LogP contribution in [0.25, 0.3) is 11.2 Å². The second-order valence-electron chi connectivity index (χ2n) is 9.49. The Kier molecular flexibility index (Phi) is 5.23. The van der Waals surface area contributed by atoms with Gasteiger partial charge in [-0.1, -0.05) is 20.8 Å². The number of piperidine rings is 2. The fourth-order valence-corrected chi connectivity index (χ4v) is 4.59. The van der Waals surface area contributed by atoms with E-state index < -0.39 is 12.8 Å². The molecule has 30 heavy (non-hydrogen) atoms. The highest BCUT2D eigenvalue weighted by Crippen LogP contribution is 2.33. The molecule has 1 amide bonds. The Labute approximate surface area is 175 Å². The number of fused-ring (bicyclic) bond motifs is 4. The number of aromatic nitrogens is 3. The molecule has 0 aliphatic carbocycles. The SMILES string of the molecule is Cn1c(=O)n(CC(C)(C)C)c2ccc(N3CC4CCC3CN4C(=O)OCCF)nc21. The molecule has 3 aliphatic rings. The molecule has 2 unspecified atom stereocenters. The standard InChI is InChI=1S/C21H30FN5O3/c1-21(2,3)13-27-16-7-8-17(23-18(16)24(4)19(27)28)25-11-15-6-5-14(25)12-26(15)20(29)30-10-9-22/h7-8,14-15H,5-6,9-13H2,1-4H3. The van der Waals surface area contributed by atoms with Crippen molar-refractivity contribution in [2.24, 2.45) is 12.5 Å². The number of halogens is 1. The second kappa shape index (κ2) is 7.59. The third-order valence-electron chi connectivity index (χ3n) is 5.96. The number of ether oxygens (including phenoxy) is 1. The highest BCUT2D eigenvalue weighted by atomic mass is 19.1. The zero-order chi connectivity index (χ0) is 21.6. The molecule has 8 nitrogen and oxygen atoms in total. The number of nitrogens with zero attached hydrogens (tertiary/aromatic N) is 5. The minimum atomic E-state index is -0.669. The van der Waals surface area contributed by atoms with Gasteiger partial charge in [-0.25, -0.2) is 19.0 Å². The number of anilines is 1. The predicted molar refractivity (Wildman–Crippen MR) is 113 cm³/mol. The summed E-state index contributed by atoms with van der Waals surface area (Å²) in [5.74, 6) is 0.817. The fourth-order valence-electron chi connectivity index (χ4n) is 4.59. The number of piperazine rings is 1. The molecular formula is C21H30FN5O3. The molecule has 0 N–H and O–H groups in total. The van der Waals surface area contributed by atoms with Crippen molar-refractivity contribution in [2.75, 3.05) is 31.3 Å². The smallest absolute Gasteiger partial charge is 0.410 e. The lowest BCUT2D eigenvalue weighted by molar-refractivity contribution is 0.0511. The Balaban J connectivity index is 1.60. The van der Waals surface area contributed by atoms with Gasteiger partial charge in [0.1, 0.15) is 19.1 Å². The number of carbonyl (C=O) groups is 1. The Morgan fingerprint density at radius 2 is 1.97 bits per heavy atom. The lowest BCUT2D eigenvalue weighted by Gasteiger charge is -2.51. The van der Waals surface area contributed by atoms with Crippen LogP contribution in [0.2, 0.25) is 0 Å². The molecule has 3 fully saturated rings. The highest BCUT2D eigenvalue weighted by Gasteiger charge is 2.42. The van der Waals surface area contributed by atoms with E-state index >= 15 is 0 Å². The summed E-state index contributed by atoms with van der Waals surface area (Å²) in [5, 5.41) is 0. The maximum atomic E-state index is 12.8. The number of hydrogen-bond donors (Lipinski definition) is 0. The van der Waals surface area contributed by atoms with E-state index in [1.165, 1.54) is 0 Å². The van der Waals surface area contributed by atoms with Crippen LogP contribution in [0, 0.1) is 5.41 Å². The van der Waals surface area contributed by atoms with E-state index in [2.05, 4.69) is 25.7 Å². The lowest BCUT2D eigenvalue weighted by Crippen LogP contribution is -2.64. The first kappa shape index (κ1) is 20.7. The van der Waals surface area contributed by atoms with Gasteiger partial charge in [-0.15, -0.1) is 0 Å². The monoisotopic (exact) mass is 419 g/mol. The third-order valence-corrected chi connectivity index (χ3v) is 5.96. The average Bonchev–Trinajstić information content (AvgIpc) is 2.95. The predicted octanol–water partition coefficient (Wildman–Crippen LogP) is 2.54. The Bertz CT molecular complexity index is 1010. The summed E-state index contributed by atoms with van der Waals surface area (Å²) in [6.45, 7) is 7.27. The third kappa shape index (κ3) is 3.65. The first-order chi connectivity index (χ1) is 14.2. The van der Waals surface area contributed by atoms with Crippen LogP contribution in [-0.4, -0.2) is 63.6 Å². The van der Waals surface area contributed by atoms with Gasteiger partial charge in [0.05, 0.1) is 11.6 Å². The van der Waals surface area contributed by atoms with Crippen LogP contribution >= 0.6 is 0 Å². The molecule has 2 aromatic rings. The minimum Gasteiger partial charge on any atom is -0.447 e. The Morgan fingerprint density at radius 3 is 2.60 bits per heavy atom. The normalized spacial score (nSPS) is 21.5. The van der Waals surface area contributed by atoms with Crippen molar-refractivity contribution < 1.29 is 13.9 Å². The number of imidazole rings is 1. The number of aryl methyl sites for hydroxylation is 1. The first-order valence-electron chi connectivity index (χ1n) is 10.5. The molecule has 5 rings (SSSR count). The van der Waals surface area contributed by atoms with Gasteiger partial charge in [0, 0.05) is 32.7 Å². The molecule has 0 radical (unpaired) electrons. The van der Waals surface area contributed by atoms with Gasteiger partial charge in [0.2, 0.25) is 0 Å². The van der Waals surface area contributed by atoms with Crippen LogP contribution in [0.1, 0.15) is 33.6 Å². The van der Waals surface area contributed by atoms with Gasteiger partial charge in [0.25, 0.3) is 0 Å². The van der Waals surface area contributed by atoms with Gasteiger partial charge in [-0.3, -0.25) is 9.13 Å². The van der Waals surface area contributed by atoms with Crippen LogP contribution in [-0.2, 0) is 18.3 Å². The van der Waals surface area contributed by atoms with E-state index in [1.54, 1.807) is 21.1 Å². The van der Waals surface area contributed by atoms with Crippen molar-refractivity contribution in [1.29, 1.82) is 0 Å². The molecule has 9 heteroatoms. The summed E-state index contributed by atoms with van der Waals surface area (Å²) in [5.41, 5.74) is 1.41. The summed E-state index contributed by atoms with van der Waals surface area (Å²) < 4.78 is 20.7. The van der Waals surface area contributed by atoms with Crippen molar-refractivity contribution in [3.8, 4) is 0 Å². The van der Waals surface area contributed by atoms with E-state index in [1.807, 2.05) is 12.1 Å². The number of amides is 1. The van der Waals surface area contributed by atoms with Gasteiger partial charge < -0.3 is 14.5 Å². The van der Waals surface area contributed by atoms with Crippen molar-refractivity contribution in [2.45, 2.75) is 52.2 Å². The van der Waals surface area contributed by atoms with Crippen LogP contribution in [0.15, 0.2) is 16.9 Å². The molecule has 3 aliphatic heterocycles. The molecule has 2 aromatic heterocycles. The number of carbonyl (C=O) groups excluding carboxylic acids is 1. The summed E-state index contributed by atoms with van der Waals surface area (Å²) in [6, 6.07) is 4.09. The van der Waals surface area contributed by atoms with E-state index in [-0.39, 0.29) is 29.8 Å². The molecule has 3 saturated heterocycles. The van der Waals surface area contributed by atoms with Crippen LogP contribution in [0.3, 0.4) is 0 Å². The highest BCUT2D eigenvalue weighted by molar-refractivity contribution is 5.75. The number of hydrogen-bond acceptors (Lipinski definition) is 5. The summed E-state index contributed by atoms with van der Waals surface area (Å²) >= 11 is 0. The first-order valence-corrected chi connectivity index (χ1v) is 10.5. The summed E-state index contributed by atoms with van der Waals surface area (Å²) in [7, 11) is 1.76. The Morgan fingerprint density at radius 1 is 1.23 bits per heavy atom. The quantitative estimate of drug-likeness (QED) is 0.762. The zero-order valence-corrected chi connectivity index (χ0v) is 18.1. The molecule has 2 atom stereocenters. The number of alkyl halides is 1. The molecule has 5 heterocycles. The number of pyridine rings is 1. The summed E-state index contributed by atoms with van der Waals surface area (Å²) in [4.78, 5) is 33.8. The molecule has 0 saturated carbocycles. The van der Waals surface area contributed by atoms with Crippen molar-refractivity contribution in [3.05, 3.63) is 22.6 Å². The minimum absolute atomic E-state index is 0.0221. The lowest BCUT2D eigenvalue weighted by atomic mass is 9.91. The van der Waals surface area contributed by atoms with Crippen LogP contribution in [0.4, 0.5) is 15.0 Å². The van der Waals surface area contributed by atoms with Crippen LogP contribution < -0.4 is 10.6 Å². The topological polar surface area (TPSA) is 72.6 Å². The zero-order valence-electron chi connectivity index (χ0n) is 18.1. The van der Waals surface area contributed by atoms with Crippen molar-refractivity contribution >= 4 is 23.1 Å². The summed E-state index contributed by atoms with van der Waals surface area (Å²) in [6.07, 6.45) is 1.42. The molecule has 164 valence electrons. The van der Waals surface area contributed by atoms with E-state index in [9.17, 15) is 14.0 Å². The fraction of sp³-hybridized carbons (Fsp3) is 0.667. The average molecular weight is 420 g/mol. The maximum Gasteiger partial charge on any atom is 0.410 e. The van der Waals surface area contributed by atoms with E-state index in [0.717, 1.165) is 24.2 Å². The van der Waals surface area contributed by atoms with E-state index in [4.69, 9.17) is 9.72 Å². The van der Waals surface area contributed by atoms with Gasteiger partial charge >= 0.3 is 11.8 Å². The Hall–Kier alpha value is -2.58. The van der Waals surface area contributed by atoms with Crippen molar-refractivity contribution in [3.63, 3.8) is 0 Å².